The second-order valence-electron chi connectivity index (χ2n) is 20.4. The number of allylic oxidation sites excluding steroid dienone is 6. The van der Waals surface area contributed by atoms with Crippen LogP contribution in [-0.2, 0) is 23.7 Å². The van der Waals surface area contributed by atoms with Crippen LogP contribution >= 0.6 is 0 Å². The Morgan fingerprint density at radius 2 is 0.930 bits per heavy atom. The van der Waals surface area contributed by atoms with E-state index in [4.69, 9.17) is 18.9 Å². The van der Waals surface area contributed by atoms with E-state index in [2.05, 4.69) is 55.6 Å². The lowest BCUT2D eigenvalue weighted by molar-refractivity contribution is -0.359. The molecule has 9 N–H and O–H groups in total. The van der Waals surface area contributed by atoms with Gasteiger partial charge in [0.15, 0.2) is 12.6 Å². The Hall–Kier alpha value is -1.79. The highest BCUT2D eigenvalue weighted by atomic mass is 16.7. The molecule has 2 heterocycles. The molecule has 0 radical (unpaired) electrons. The molecule has 0 saturated carbocycles. The van der Waals surface area contributed by atoms with Crippen LogP contribution in [0.2, 0.25) is 0 Å². The average Bonchev–Trinajstić information content (AvgIpc) is 3.37. The Morgan fingerprint density at radius 3 is 1.42 bits per heavy atom. The molecule has 0 bridgehead atoms. The molecule has 1 amide bonds. The molecule has 2 aliphatic rings. The molecule has 416 valence electrons. The predicted molar refractivity (Wildman–Crippen MR) is 281 cm³/mol. The maximum absolute atomic E-state index is 13.1. The first kappa shape index (κ1) is 65.3. The third kappa shape index (κ3) is 29.8. The van der Waals surface area contributed by atoms with Gasteiger partial charge in [-0.1, -0.05) is 204 Å². The zero-order chi connectivity index (χ0) is 51.7. The topological polar surface area (TPSA) is 228 Å². The van der Waals surface area contributed by atoms with Crippen LogP contribution in [0, 0.1) is 0 Å². The van der Waals surface area contributed by atoms with Crippen LogP contribution in [0.4, 0.5) is 0 Å². The maximum atomic E-state index is 13.1. The monoisotopic (exact) mass is 1010 g/mol. The molecule has 0 aromatic heterocycles. The van der Waals surface area contributed by atoms with E-state index in [1.165, 1.54) is 122 Å². The number of rotatable bonds is 45. The van der Waals surface area contributed by atoms with Crippen molar-refractivity contribution in [3.63, 3.8) is 0 Å². The van der Waals surface area contributed by atoms with Gasteiger partial charge in [0, 0.05) is 6.42 Å². The van der Waals surface area contributed by atoms with Gasteiger partial charge in [-0.25, -0.2) is 0 Å². The Morgan fingerprint density at radius 1 is 0.507 bits per heavy atom. The molecular formula is C57H105NO13. The third-order valence-corrected chi connectivity index (χ3v) is 14.1. The Bertz CT molecular complexity index is 1330. The summed E-state index contributed by atoms with van der Waals surface area (Å²) < 4.78 is 22.7. The summed E-state index contributed by atoms with van der Waals surface area (Å²) in [7, 11) is 0. The van der Waals surface area contributed by atoms with E-state index in [-0.39, 0.29) is 12.5 Å². The quantitative estimate of drug-likeness (QED) is 0.0205. The van der Waals surface area contributed by atoms with Gasteiger partial charge in [0.05, 0.1) is 32.0 Å². The van der Waals surface area contributed by atoms with Crippen LogP contribution < -0.4 is 5.32 Å². The highest BCUT2D eigenvalue weighted by Gasteiger charge is 2.51. The van der Waals surface area contributed by atoms with Gasteiger partial charge >= 0.3 is 0 Å². The smallest absolute Gasteiger partial charge is 0.220 e. The minimum Gasteiger partial charge on any atom is -0.394 e. The molecule has 0 aromatic carbocycles. The number of aliphatic hydroxyl groups is 8. The molecule has 2 saturated heterocycles. The van der Waals surface area contributed by atoms with Gasteiger partial charge in [-0.05, 0) is 51.4 Å². The molecule has 2 fully saturated rings. The van der Waals surface area contributed by atoms with Gasteiger partial charge in [-0.3, -0.25) is 4.79 Å². The summed E-state index contributed by atoms with van der Waals surface area (Å²) in [4.78, 5) is 13.1. The molecule has 14 nitrogen and oxygen atoms in total. The van der Waals surface area contributed by atoms with Gasteiger partial charge < -0.3 is 65.1 Å². The maximum Gasteiger partial charge on any atom is 0.220 e. The van der Waals surface area contributed by atoms with Crippen LogP contribution in [-0.4, -0.2) is 140 Å². The first-order chi connectivity index (χ1) is 34.6. The number of carbonyl (C=O) groups is 1. The molecule has 0 spiro atoms. The number of unbranched alkanes of at least 4 members (excludes halogenated alkanes) is 26. The molecule has 0 aromatic rings. The van der Waals surface area contributed by atoms with Gasteiger partial charge in [-0.2, -0.15) is 0 Å². The number of hydrogen-bond donors (Lipinski definition) is 9. The van der Waals surface area contributed by atoms with Crippen molar-refractivity contribution in [2.45, 2.75) is 299 Å². The third-order valence-electron chi connectivity index (χ3n) is 14.1. The summed E-state index contributed by atoms with van der Waals surface area (Å²) in [5.41, 5.74) is 0. The summed E-state index contributed by atoms with van der Waals surface area (Å²) >= 11 is 0. The molecule has 12 atom stereocenters. The van der Waals surface area contributed by atoms with Crippen molar-refractivity contribution >= 4 is 5.91 Å². The van der Waals surface area contributed by atoms with Crippen LogP contribution in [0.1, 0.15) is 226 Å². The van der Waals surface area contributed by atoms with Gasteiger partial charge in [-0.15, -0.1) is 0 Å². The van der Waals surface area contributed by atoms with Gasteiger partial charge in [0.1, 0.15) is 48.8 Å². The standard InChI is InChI=1S/C57H105NO13/c1-3-5-7-9-11-12-13-14-15-16-17-18-19-20-21-22-23-24-25-26-27-28-29-30-31-32-33-34-35-37-39-41-49(62)58-45(46(61)40-38-36-10-8-6-4-2)44-68-56-54(67)52(65)55(48(43-60)70-56)71-57-53(66)51(64)50(63)47(42-59)69-57/h13-14,16-17,19-20,45-48,50-57,59-61,63-67H,3-12,15,18,21-44H2,1-2H3,(H,58,62)/b14-13-,17-16-,20-19-. The summed E-state index contributed by atoms with van der Waals surface area (Å²) in [6.45, 7) is 2.77. The second-order valence-corrected chi connectivity index (χ2v) is 20.4. The van der Waals surface area contributed by atoms with Crippen LogP contribution in [0.5, 0.6) is 0 Å². The zero-order valence-electron chi connectivity index (χ0n) is 44.5. The largest absolute Gasteiger partial charge is 0.394 e. The van der Waals surface area contributed by atoms with Gasteiger partial charge in [0.25, 0.3) is 0 Å². The highest BCUT2D eigenvalue weighted by molar-refractivity contribution is 5.76. The lowest BCUT2D eigenvalue weighted by atomic mass is 9.97. The van der Waals surface area contributed by atoms with E-state index in [1.807, 2.05) is 0 Å². The summed E-state index contributed by atoms with van der Waals surface area (Å²) in [6.07, 6.45) is 35.0. The average molecular weight is 1010 g/mol. The van der Waals surface area contributed by atoms with Crippen LogP contribution in [0.25, 0.3) is 0 Å². The molecule has 0 aliphatic carbocycles. The summed E-state index contributed by atoms with van der Waals surface area (Å²) in [6, 6.07) is -0.824. The fraction of sp³-hybridized carbons (Fsp3) is 0.877. The van der Waals surface area contributed by atoms with Crippen molar-refractivity contribution in [3.05, 3.63) is 36.5 Å². The summed E-state index contributed by atoms with van der Waals surface area (Å²) in [5.74, 6) is -0.212. The van der Waals surface area contributed by atoms with E-state index in [0.717, 1.165) is 77.0 Å². The van der Waals surface area contributed by atoms with Crippen molar-refractivity contribution in [2.24, 2.45) is 0 Å². The zero-order valence-corrected chi connectivity index (χ0v) is 44.5. The van der Waals surface area contributed by atoms with Crippen molar-refractivity contribution in [2.75, 3.05) is 19.8 Å². The number of hydrogen-bond acceptors (Lipinski definition) is 13. The van der Waals surface area contributed by atoms with E-state index < -0.39 is 86.8 Å². The first-order valence-corrected chi connectivity index (χ1v) is 28.7. The highest BCUT2D eigenvalue weighted by Crippen LogP contribution is 2.30. The lowest BCUT2D eigenvalue weighted by Gasteiger charge is -2.46. The van der Waals surface area contributed by atoms with Crippen LogP contribution in [0.15, 0.2) is 36.5 Å². The van der Waals surface area contributed by atoms with Gasteiger partial charge in [0.2, 0.25) is 5.91 Å². The van der Waals surface area contributed by atoms with E-state index in [9.17, 15) is 45.6 Å². The number of amides is 1. The van der Waals surface area contributed by atoms with Crippen molar-refractivity contribution in [1.29, 1.82) is 0 Å². The first-order valence-electron chi connectivity index (χ1n) is 28.7. The predicted octanol–water partition coefficient (Wildman–Crippen LogP) is 9.05. The van der Waals surface area contributed by atoms with E-state index in [1.54, 1.807) is 0 Å². The Kier molecular flexibility index (Phi) is 40.0. The van der Waals surface area contributed by atoms with Crippen molar-refractivity contribution < 1.29 is 64.6 Å². The minimum absolute atomic E-state index is 0.212. The molecular weight excluding hydrogens is 907 g/mol. The fourth-order valence-corrected chi connectivity index (χ4v) is 9.42. The summed E-state index contributed by atoms with van der Waals surface area (Å²) in [5, 5.41) is 86.6. The number of ether oxygens (including phenoxy) is 4. The van der Waals surface area contributed by atoms with Crippen molar-refractivity contribution in [1.82, 2.24) is 5.32 Å². The normalized spacial score (nSPS) is 26.0. The lowest BCUT2D eigenvalue weighted by Crippen LogP contribution is -2.65. The molecule has 2 aliphatic heterocycles. The molecule has 71 heavy (non-hydrogen) atoms. The number of carbonyl (C=O) groups excluding carboxylic acids is 1. The Labute approximate surface area is 430 Å². The minimum atomic E-state index is -1.78. The van der Waals surface area contributed by atoms with Crippen molar-refractivity contribution in [3.8, 4) is 0 Å². The fourth-order valence-electron chi connectivity index (χ4n) is 9.42. The van der Waals surface area contributed by atoms with E-state index in [0.29, 0.717) is 12.8 Å². The second kappa shape index (κ2) is 43.4. The SMILES string of the molecule is CCCCCCC/C=C\C/C=C\C/C=C\CCCCCCCCCCCCCCCCCCC(=O)NC(COC1OC(CO)C(OC2OC(CO)C(O)C(O)C2O)C(O)C1O)C(O)CCCCCCCC. The molecule has 14 heteroatoms. The number of nitrogens with one attached hydrogen (secondary N) is 1. The Balaban J connectivity index is 1.58. The number of aliphatic hydroxyl groups excluding tert-OH is 8. The molecule has 2 rings (SSSR count). The van der Waals surface area contributed by atoms with Crippen LogP contribution in [0.3, 0.4) is 0 Å². The molecule has 12 unspecified atom stereocenters. The van der Waals surface area contributed by atoms with E-state index >= 15 is 0 Å².